The van der Waals surface area contributed by atoms with Crippen molar-refractivity contribution in [3.05, 3.63) is 84.7 Å². The second-order valence-corrected chi connectivity index (χ2v) is 9.15. The lowest BCUT2D eigenvalue weighted by molar-refractivity contribution is 0.686. The predicted octanol–water partition coefficient (Wildman–Crippen LogP) is 6.43. The Morgan fingerprint density at radius 1 is 1.03 bits per heavy atom. The third kappa shape index (κ3) is 3.61. The molecule has 1 N–H and O–H groups in total. The van der Waals surface area contributed by atoms with E-state index in [-0.39, 0.29) is 5.56 Å². The van der Waals surface area contributed by atoms with E-state index < -0.39 is 0 Å². The molecule has 0 saturated heterocycles. The Morgan fingerprint density at radius 3 is 2.69 bits per heavy atom. The van der Waals surface area contributed by atoms with Gasteiger partial charge in [0.05, 0.1) is 5.39 Å². The Hall–Kier alpha value is -2.14. The minimum atomic E-state index is -0.107. The monoisotopic (exact) mass is 440 g/mol. The van der Waals surface area contributed by atoms with Crippen molar-refractivity contribution >= 4 is 44.8 Å². The summed E-state index contributed by atoms with van der Waals surface area (Å²) in [6, 6.07) is 11.9. The van der Waals surface area contributed by atoms with Crippen LogP contribution in [-0.4, -0.2) is 9.97 Å². The van der Waals surface area contributed by atoms with Gasteiger partial charge in [0, 0.05) is 27.4 Å². The molecule has 0 aliphatic heterocycles. The van der Waals surface area contributed by atoms with Crippen LogP contribution >= 0.6 is 34.5 Å². The smallest absolute Gasteiger partial charge is 0.260 e. The van der Waals surface area contributed by atoms with Crippen molar-refractivity contribution in [3.8, 4) is 11.1 Å². The van der Waals surface area contributed by atoms with Gasteiger partial charge < -0.3 is 4.98 Å². The van der Waals surface area contributed by atoms with Gasteiger partial charge in [-0.1, -0.05) is 47.5 Å². The maximum atomic E-state index is 12.9. The lowest BCUT2D eigenvalue weighted by atomic mass is 9.89. The molecule has 2 aromatic heterocycles. The van der Waals surface area contributed by atoms with E-state index in [9.17, 15) is 4.79 Å². The zero-order valence-electron chi connectivity index (χ0n) is 15.6. The second kappa shape index (κ2) is 7.60. The molecule has 1 aliphatic carbocycles. The second-order valence-electron chi connectivity index (χ2n) is 7.45. The lowest BCUT2D eigenvalue weighted by Gasteiger charge is -2.16. The van der Waals surface area contributed by atoms with Crippen LogP contribution in [0.25, 0.3) is 21.3 Å². The van der Waals surface area contributed by atoms with E-state index in [1.807, 2.05) is 11.4 Å². The van der Waals surface area contributed by atoms with Crippen molar-refractivity contribution < 1.29 is 0 Å². The molecule has 0 unspecified atom stereocenters. The minimum Gasteiger partial charge on any atom is -0.310 e. The number of halogens is 2. The van der Waals surface area contributed by atoms with E-state index in [0.717, 1.165) is 34.4 Å². The molecule has 3 nitrogen and oxygen atoms in total. The number of thiophene rings is 1. The average Bonchev–Trinajstić information content (AvgIpc) is 3.14. The summed E-state index contributed by atoms with van der Waals surface area (Å²) in [7, 11) is 0. The Kier molecular flexibility index (Phi) is 4.94. The van der Waals surface area contributed by atoms with Gasteiger partial charge in [-0.2, -0.15) is 0 Å². The van der Waals surface area contributed by atoms with Gasteiger partial charge in [-0.25, -0.2) is 4.98 Å². The first kappa shape index (κ1) is 18.9. The number of fused-ring (bicyclic) bond motifs is 2. The summed E-state index contributed by atoms with van der Waals surface area (Å²) in [5.74, 6) is 0.602. The van der Waals surface area contributed by atoms with Crippen LogP contribution in [0.1, 0.15) is 35.4 Å². The number of rotatable bonds is 3. The lowest BCUT2D eigenvalue weighted by Crippen LogP contribution is -2.12. The Morgan fingerprint density at radius 2 is 1.86 bits per heavy atom. The first-order valence-electron chi connectivity index (χ1n) is 9.65. The summed E-state index contributed by atoms with van der Waals surface area (Å²) in [5.41, 5.74) is 5.68. The number of aromatic amines is 1. The number of nitrogens with zero attached hydrogens (tertiary/aromatic N) is 1. The van der Waals surface area contributed by atoms with E-state index in [1.165, 1.54) is 35.3 Å². The molecule has 2 heterocycles. The molecule has 0 radical (unpaired) electrons. The summed E-state index contributed by atoms with van der Waals surface area (Å²) in [4.78, 5) is 21.3. The van der Waals surface area contributed by atoms with Crippen molar-refractivity contribution in [1.29, 1.82) is 0 Å². The number of aromatic nitrogens is 2. The highest BCUT2D eigenvalue weighted by atomic mass is 35.5. The van der Waals surface area contributed by atoms with Crippen molar-refractivity contribution in [2.45, 2.75) is 32.1 Å². The van der Waals surface area contributed by atoms with Gasteiger partial charge in [-0.3, -0.25) is 4.79 Å². The topological polar surface area (TPSA) is 45.8 Å². The molecule has 0 amide bonds. The van der Waals surface area contributed by atoms with Gasteiger partial charge in [0.25, 0.3) is 5.56 Å². The third-order valence-corrected chi connectivity index (χ3v) is 6.98. The normalized spacial score (nSPS) is 13.6. The van der Waals surface area contributed by atoms with Gasteiger partial charge in [-0.05, 0) is 60.1 Å². The number of hydrogen-bond donors (Lipinski definition) is 1. The molecule has 146 valence electrons. The molecular weight excluding hydrogens is 423 g/mol. The van der Waals surface area contributed by atoms with Gasteiger partial charge in [-0.15, -0.1) is 11.3 Å². The average molecular weight is 441 g/mol. The fraction of sp³-hybridized carbons (Fsp3) is 0.217. The third-order valence-electron chi connectivity index (χ3n) is 5.53. The van der Waals surface area contributed by atoms with Crippen LogP contribution in [0, 0.1) is 0 Å². The van der Waals surface area contributed by atoms with E-state index in [2.05, 4.69) is 23.2 Å². The Balaban J connectivity index is 1.54. The molecule has 2 aromatic carbocycles. The van der Waals surface area contributed by atoms with Gasteiger partial charge in [0.1, 0.15) is 10.7 Å². The van der Waals surface area contributed by atoms with Gasteiger partial charge >= 0.3 is 0 Å². The first-order chi connectivity index (χ1) is 14.1. The summed E-state index contributed by atoms with van der Waals surface area (Å²) in [6.07, 6.45) is 5.22. The summed E-state index contributed by atoms with van der Waals surface area (Å²) < 4.78 is 0. The molecule has 0 bridgehead atoms. The number of nitrogens with one attached hydrogen (secondary N) is 1. The highest BCUT2D eigenvalue weighted by Gasteiger charge is 2.16. The van der Waals surface area contributed by atoms with E-state index in [0.29, 0.717) is 27.7 Å². The molecule has 1 aliphatic rings. The number of hydrogen-bond acceptors (Lipinski definition) is 3. The van der Waals surface area contributed by atoms with Gasteiger partial charge in [0.15, 0.2) is 0 Å². The Bertz CT molecular complexity index is 1290. The summed E-state index contributed by atoms with van der Waals surface area (Å²) in [5, 5.41) is 3.86. The molecule has 29 heavy (non-hydrogen) atoms. The summed E-state index contributed by atoms with van der Waals surface area (Å²) in [6.45, 7) is 0. The van der Waals surface area contributed by atoms with Crippen molar-refractivity contribution in [2.24, 2.45) is 0 Å². The van der Waals surface area contributed by atoms with E-state index in [4.69, 9.17) is 28.2 Å². The maximum absolute atomic E-state index is 12.9. The van der Waals surface area contributed by atoms with Crippen LogP contribution in [0.2, 0.25) is 10.0 Å². The van der Waals surface area contributed by atoms with Crippen LogP contribution in [0.5, 0.6) is 0 Å². The molecular formula is C23H18Cl2N2OS. The molecule has 4 aromatic rings. The standard InChI is InChI=1S/C23H18Cl2N2OS/c24-17-8-7-16(19(25)11-17)10-20-26-22(28)21-18(12-29-23(21)27-20)15-6-5-13-3-1-2-4-14(13)9-15/h5-9,11-12H,1-4,10H2,(H,26,27,28). The van der Waals surface area contributed by atoms with Gasteiger partial charge in [0.2, 0.25) is 0 Å². The highest BCUT2D eigenvalue weighted by Crippen LogP contribution is 2.34. The van der Waals surface area contributed by atoms with Crippen molar-refractivity contribution in [2.75, 3.05) is 0 Å². The largest absolute Gasteiger partial charge is 0.310 e. The first-order valence-corrected chi connectivity index (χ1v) is 11.3. The number of H-pyrrole nitrogens is 1. The zero-order valence-corrected chi connectivity index (χ0v) is 17.9. The molecule has 6 heteroatoms. The Labute approximate surface area is 182 Å². The molecule has 0 saturated carbocycles. The molecule has 0 atom stereocenters. The fourth-order valence-electron chi connectivity index (χ4n) is 4.04. The minimum absolute atomic E-state index is 0.107. The van der Waals surface area contributed by atoms with Crippen LogP contribution in [-0.2, 0) is 19.3 Å². The zero-order chi connectivity index (χ0) is 20.0. The number of benzene rings is 2. The van der Waals surface area contributed by atoms with Crippen LogP contribution in [0.15, 0.2) is 46.6 Å². The summed E-state index contributed by atoms with van der Waals surface area (Å²) >= 11 is 13.8. The van der Waals surface area contributed by atoms with E-state index >= 15 is 0 Å². The van der Waals surface area contributed by atoms with E-state index in [1.54, 1.807) is 12.1 Å². The van der Waals surface area contributed by atoms with Crippen LogP contribution < -0.4 is 5.56 Å². The quantitative estimate of drug-likeness (QED) is 0.398. The predicted molar refractivity (Wildman–Crippen MR) is 122 cm³/mol. The fourth-order valence-corrected chi connectivity index (χ4v) is 5.48. The molecule has 0 fully saturated rings. The SMILES string of the molecule is O=c1[nH]c(Cc2ccc(Cl)cc2Cl)nc2scc(-c3ccc4c(c3)CCCC4)c12. The maximum Gasteiger partial charge on any atom is 0.260 e. The molecule has 0 spiro atoms. The molecule has 5 rings (SSSR count). The number of aryl methyl sites for hydroxylation is 2. The van der Waals surface area contributed by atoms with Crippen LogP contribution in [0.4, 0.5) is 0 Å². The highest BCUT2D eigenvalue weighted by molar-refractivity contribution is 7.17. The van der Waals surface area contributed by atoms with Crippen LogP contribution in [0.3, 0.4) is 0 Å². The van der Waals surface area contributed by atoms with Crippen molar-refractivity contribution in [3.63, 3.8) is 0 Å². The van der Waals surface area contributed by atoms with Crippen molar-refractivity contribution in [1.82, 2.24) is 9.97 Å².